The maximum absolute atomic E-state index is 13.2. The molecule has 3 heterocycles. The highest BCUT2D eigenvalue weighted by atomic mass is 35.5. The Morgan fingerprint density at radius 2 is 1.97 bits per heavy atom. The number of nitrogens with zero attached hydrogens (tertiary/aromatic N) is 3. The molecule has 7 nitrogen and oxygen atoms in total. The molecular formula is C22H18ClN3O4S2. The number of fused-ring (bicyclic) bond motifs is 1. The Bertz CT molecular complexity index is 1310. The van der Waals surface area contributed by atoms with E-state index >= 15 is 0 Å². The van der Waals surface area contributed by atoms with Crippen LogP contribution >= 0.6 is 34.3 Å². The molecule has 0 atom stereocenters. The monoisotopic (exact) mass is 487 g/mol. The van der Waals surface area contributed by atoms with E-state index in [0.29, 0.717) is 15.2 Å². The third-order valence-corrected chi connectivity index (χ3v) is 6.88. The van der Waals surface area contributed by atoms with Gasteiger partial charge in [-0.3, -0.25) is 19.0 Å². The number of amides is 1. The van der Waals surface area contributed by atoms with Crippen molar-refractivity contribution in [3.63, 3.8) is 0 Å². The van der Waals surface area contributed by atoms with Crippen LogP contribution in [0.15, 0.2) is 58.3 Å². The first-order valence-electron chi connectivity index (χ1n) is 9.56. The van der Waals surface area contributed by atoms with E-state index in [0.717, 1.165) is 16.0 Å². The summed E-state index contributed by atoms with van der Waals surface area (Å²) in [7, 11) is 1.26. The third-order valence-electron chi connectivity index (χ3n) is 4.84. The highest BCUT2D eigenvalue weighted by Crippen LogP contribution is 2.33. The number of ether oxygens (including phenoxy) is 1. The van der Waals surface area contributed by atoms with Crippen molar-refractivity contribution in [1.82, 2.24) is 14.5 Å². The Morgan fingerprint density at radius 3 is 2.66 bits per heavy atom. The quantitative estimate of drug-likeness (QED) is 0.367. The summed E-state index contributed by atoms with van der Waals surface area (Å²) in [4.78, 5) is 45.5. The summed E-state index contributed by atoms with van der Waals surface area (Å²) < 4.78 is 6.01. The molecule has 0 aliphatic heterocycles. The number of esters is 1. The molecule has 0 saturated carbocycles. The number of aromatic nitrogens is 2. The lowest BCUT2D eigenvalue weighted by Gasteiger charge is -2.22. The van der Waals surface area contributed by atoms with Crippen molar-refractivity contribution in [3.8, 4) is 10.4 Å². The van der Waals surface area contributed by atoms with Crippen molar-refractivity contribution in [2.75, 3.05) is 13.7 Å². The van der Waals surface area contributed by atoms with Gasteiger partial charge in [-0.15, -0.1) is 22.7 Å². The number of carbonyl (C=O) groups is 2. The molecular weight excluding hydrogens is 470 g/mol. The van der Waals surface area contributed by atoms with Gasteiger partial charge in [-0.2, -0.15) is 0 Å². The van der Waals surface area contributed by atoms with E-state index in [1.807, 2.05) is 22.9 Å². The van der Waals surface area contributed by atoms with Gasteiger partial charge in [-0.05, 0) is 29.1 Å². The first-order chi connectivity index (χ1) is 15.5. The first-order valence-corrected chi connectivity index (χ1v) is 11.7. The zero-order chi connectivity index (χ0) is 22.7. The molecule has 0 saturated heterocycles. The van der Waals surface area contributed by atoms with Gasteiger partial charge in [-0.25, -0.2) is 4.98 Å². The standard InChI is InChI=1S/C22H18ClN3O4S2/c1-30-19(28)11-25(9-14-4-6-15(23)7-5-14)18(27)10-26-13-24-21-20(22(26)29)16(12-32-21)17-3-2-8-31-17/h2-8,12-13H,9-11H2,1H3. The third kappa shape index (κ3) is 4.74. The van der Waals surface area contributed by atoms with Crippen LogP contribution in [0.3, 0.4) is 0 Å². The van der Waals surface area contributed by atoms with Gasteiger partial charge < -0.3 is 9.64 Å². The van der Waals surface area contributed by atoms with E-state index in [1.54, 1.807) is 24.3 Å². The molecule has 0 aliphatic rings. The largest absolute Gasteiger partial charge is 0.468 e. The van der Waals surface area contributed by atoms with Crippen LogP contribution in [0.1, 0.15) is 5.56 Å². The van der Waals surface area contributed by atoms with Gasteiger partial charge in [-0.1, -0.05) is 29.8 Å². The summed E-state index contributed by atoms with van der Waals surface area (Å²) in [6.45, 7) is -0.304. The Labute approximate surface area is 196 Å². The number of halogens is 1. The molecule has 0 spiro atoms. The second kappa shape index (κ2) is 9.64. The van der Waals surface area contributed by atoms with Gasteiger partial charge in [0.1, 0.15) is 17.9 Å². The van der Waals surface area contributed by atoms with Crippen LogP contribution < -0.4 is 5.56 Å². The Morgan fingerprint density at radius 1 is 1.19 bits per heavy atom. The lowest BCUT2D eigenvalue weighted by Crippen LogP contribution is -2.39. The van der Waals surface area contributed by atoms with Crippen LogP contribution in [0, 0.1) is 0 Å². The summed E-state index contributed by atoms with van der Waals surface area (Å²) in [5.74, 6) is -0.951. The molecule has 0 N–H and O–H groups in total. The lowest BCUT2D eigenvalue weighted by molar-refractivity contribution is -0.147. The average Bonchev–Trinajstić information content (AvgIpc) is 3.46. The van der Waals surface area contributed by atoms with Crippen molar-refractivity contribution < 1.29 is 14.3 Å². The molecule has 1 aromatic carbocycles. The van der Waals surface area contributed by atoms with E-state index in [-0.39, 0.29) is 25.2 Å². The first kappa shape index (κ1) is 22.2. The van der Waals surface area contributed by atoms with E-state index in [2.05, 4.69) is 4.98 Å². The van der Waals surface area contributed by atoms with Crippen molar-refractivity contribution >= 4 is 56.4 Å². The van der Waals surface area contributed by atoms with Gasteiger partial charge in [0.15, 0.2) is 0 Å². The van der Waals surface area contributed by atoms with Crippen LogP contribution in [0.2, 0.25) is 5.02 Å². The topological polar surface area (TPSA) is 81.5 Å². The Hall–Kier alpha value is -3.01. The predicted molar refractivity (Wildman–Crippen MR) is 126 cm³/mol. The second-order valence-electron chi connectivity index (χ2n) is 6.94. The molecule has 0 bridgehead atoms. The highest BCUT2D eigenvalue weighted by molar-refractivity contribution is 7.18. The molecule has 3 aromatic heterocycles. The van der Waals surface area contributed by atoms with E-state index in [4.69, 9.17) is 16.3 Å². The summed E-state index contributed by atoms with van der Waals surface area (Å²) >= 11 is 8.86. The normalized spacial score (nSPS) is 10.9. The molecule has 164 valence electrons. The maximum Gasteiger partial charge on any atom is 0.325 e. The number of hydrogen-bond acceptors (Lipinski definition) is 7. The fourth-order valence-corrected chi connectivity index (χ4v) is 5.05. The zero-order valence-electron chi connectivity index (χ0n) is 17.0. The molecule has 32 heavy (non-hydrogen) atoms. The average molecular weight is 488 g/mol. The van der Waals surface area contributed by atoms with Crippen molar-refractivity contribution in [2.24, 2.45) is 0 Å². The maximum atomic E-state index is 13.2. The molecule has 10 heteroatoms. The van der Waals surface area contributed by atoms with Crippen molar-refractivity contribution in [1.29, 1.82) is 0 Å². The van der Waals surface area contributed by atoms with Gasteiger partial charge >= 0.3 is 5.97 Å². The van der Waals surface area contributed by atoms with Gasteiger partial charge in [0.2, 0.25) is 5.91 Å². The highest BCUT2D eigenvalue weighted by Gasteiger charge is 2.21. The molecule has 4 aromatic rings. The Balaban J connectivity index is 1.63. The van der Waals surface area contributed by atoms with Crippen molar-refractivity contribution in [2.45, 2.75) is 13.1 Å². The van der Waals surface area contributed by atoms with Crippen LogP contribution in [0.4, 0.5) is 0 Å². The summed E-state index contributed by atoms with van der Waals surface area (Å²) in [6, 6.07) is 10.8. The smallest absolute Gasteiger partial charge is 0.325 e. The number of rotatable bonds is 7. The number of benzene rings is 1. The second-order valence-corrected chi connectivity index (χ2v) is 9.18. The minimum atomic E-state index is -0.550. The number of methoxy groups -OCH3 is 1. The van der Waals surface area contributed by atoms with Gasteiger partial charge in [0, 0.05) is 27.4 Å². The fraction of sp³-hybridized carbons (Fsp3) is 0.182. The van der Waals surface area contributed by atoms with E-state index in [9.17, 15) is 14.4 Å². The SMILES string of the molecule is COC(=O)CN(Cc1ccc(Cl)cc1)C(=O)Cn1cnc2scc(-c3cccs3)c2c1=O. The minimum Gasteiger partial charge on any atom is -0.468 e. The number of carbonyl (C=O) groups excluding carboxylic acids is 2. The van der Waals surface area contributed by atoms with E-state index in [1.165, 1.54) is 45.6 Å². The number of thiophene rings is 2. The van der Waals surface area contributed by atoms with Gasteiger partial charge in [0.25, 0.3) is 5.56 Å². The van der Waals surface area contributed by atoms with Crippen LogP contribution in [-0.2, 0) is 27.4 Å². The number of hydrogen-bond donors (Lipinski definition) is 0. The molecule has 0 radical (unpaired) electrons. The molecule has 0 fully saturated rings. The van der Waals surface area contributed by atoms with E-state index < -0.39 is 11.9 Å². The molecule has 0 aliphatic carbocycles. The van der Waals surface area contributed by atoms with Crippen LogP contribution in [-0.4, -0.2) is 40.0 Å². The van der Waals surface area contributed by atoms with Gasteiger partial charge in [0.05, 0.1) is 18.8 Å². The predicted octanol–water partition coefficient (Wildman–Crippen LogP) is 4.04. The summed E-state index contributed by atoms with van der Waals surface area (Å²) in [5.41, 5.74) is 1.31. The van der Waals surface area contributed by atoms with Crippen molar-refractivity contribution in [3.05, 3.63) is 74.4 Å². The summed E-state index contributed by atoms with van der Waals surface area (Å²) in [6.07, 6.45) is 1.37. The Kier molecular flexibility index (Phi) is 6.69. The molecule has 0 unspecified atom stereocenters. The lowest BCUT2D eigenvalue weighted by atomic mass is 10.2. The molecule has 1 amide bonds. The fourth-order valence-electron chi connectivity index (χ4n) is 3.20. The zero-order valence-corrected chi connectivity index (χ0v) is 19.4. The molecule has 4 rings (SSSR count). The van der Waals surface area contributed by atoms with Crippen LogP contribution in [0.5, 0.6) is 0 Å². The minimum absolute atomic E-state index is 0.175. The summed E-state index contributed by atoms with van der Waals surface area (Å²) in [5, 5.41) is 4.91. The van der Waals surface area contributed by atoms with Crippen LogP contribution in [0.25, 0.3) is 20.7 Å².